The zero-order valence-corrected chi connectivity index (χ0v) is 20.1. The number of anilines is 1. The minimum absolute atomic E-state index is 0.0687. The molecule has 2 unspecified atom stereocenters. The van der Waals surface area contributed by atoms with Crippen molar-refractivity contribution in [3.05, 3.63) is 106 Å². The number of hydrogen-bond donors (Lipinski definition) is 2. The number of aryl methyl sites for hydroxylation is 1. The summed E-state index contributed by atoms with van der Waals surface area (Å²) in [5.74, 6) is -0.230. The number of rotatable bonds is 4. The summed E-state index contributed by atoms with van der Waals surface area (Å²) in [5.41, 5.74) is 4.92. The van der Waals surface area contributed by atoms with E-state index in [1.807, 2.05) is 47.6 Å². The van der Waals surface area contributed by atoms with Gasteiger partial charge in [0.05, 0.1) is 23.5 Å². The maximum atomic E-state index is 14.0. The van der Waals surface area contributed by atoms with Crippen LogP contribution in [-0.2, 0) is 0 Å². The Morgan fingerprint density at radius 3 is 2.62 bits per heavy atom. The van der Waals surface area contributed by atoms with Gasteiger partial charge < -0.3 is 19.9 Å². The van der Waals surface area contributed by atoms with E-state index in [0.717, 1.165) is 28.3 Å². The van der Waals surface area contributed by atoms with Crippen molar-refractivity contribution in [1.82, 2.24) is 14.9 Å². The van der Waals surface area contributed by atoms with E-state index in [2.05, 4.69) is 16.4 Å². The highest BCUT2D eigenvalue weighted by atomic mass is 35.5. The van der Waals surface area contributed by atoms with E-state index in [0.29, 0.717) is 15.8 Å². The Kier molecular flexibility index (Phi) is 5.75. The highest BCUT2D eigenvalue weighted by Crippen LogP contribution is 2.46. The smallest absolute Gasteiger partial charge is 0.174 e. The third kappa shape index (κ3) is 3.81. The Balaban J connectivity index is 1.71. The molecule has 8 heteroatoms. The van der Waals surface area contributed by atoms with Crippen LogP contribution in [0.25, 0.3) is 5.69 Å². The molecule has 5 rings (SSSR count). The molecule has 0 radical (unpaired) electrons. The highest BCUT2D eigenvalue weighted by molar-refractivity contribution is 7.80. The predicted octanol–water partition coefficient (Wildman–Crippen LogP) is 6.16. The number of halogens is 2. The quantitative estimate of drug-likeness (QED) is 0.334. The first kappa shape index (κ1) is 22.4. The van der Waals surface area contributed by atoms with E-state index in [4.69, 9.17) is 23.8 Å². The lowest BCUT2D eigenvalue weighted by atomic mass is 9.96. The van der Waals surface area contributed by atoms with Gasteiger partial charge in [-0.25, -0.2) is 4.39 Å². The molecule has 3 heterocycles. The van der Waals surface area contributed by atoms with Crippen molar-refractivity contribution in [2.24, 2.45) is 0 Å². The van der Waals surface area contributed by atoms with Crippen molar-refractivity contribution in [3.63, 3.8) is 0 Å². The Labute approximate surface area is 207 Å². The first-order chi connectivity index (χ1) is 16.3. The van der Waals surface area contributed by atoms with Crippen molar-refractivity contribution in [2.45, 2.75) is 25.9 Å². The summed E-state index contributed by atoms with van der Waals surface area (Å²) in [6, 6.07) is 18.6. The van der Waals surface area contributed by atoms with Crippen LogP contribution in [0, 0.1) is 19.7 Å². The summed E-state index contributed by atoms with van der Waals surface area (Å²) in [5, 5.41) is 15.1. The molecular formula is C26H22ClFN4OS. The van der Waals surface area contributed by atoms with Crippen molar-refractivity contribution in [1.29, 1.82) is 0 Å². The van der Waals surface area contributed by atoms with Crippen LogP contribution in [0.3, 0.4) is 0 Å². The molecule has 2 aromatic heterocycles. The summed E-state index contributed by atoms with van der Waals surface area (Å²) in [6.07, 6.45) is 1.74. The van der Waals surface area contributed by atoms with Crippen LogP contribution in [0.4, 0.5) is 10.1 Å². The summed E-state index contributed by atoms with van der Waals surface area (Å²) < 4.78 is 16.0. The molecule has 0 bridgehead atoms. The van der Waals surface area contributed by atoms with Gasteiger partial charge in [0.25, 0.3) is 0 Å². The summed E-state index contributed by atoms with van der Waals surface area (Å²) in [7, 11) is 0. The third-order valence-corrected chi connectivity index (χ3v) is 6.70. The second-order valence-corrected chi connectivity index (χ2v) is 9.09. The average molecular weight is 493 g/mol. The van der Waals surface area contributed by atoms with Crippen molar-refractivity contribution < 1.29 is 9.50 Å². The van der Waals surface area contributed by atoms with E-state index in [1.54, 1.807) is 30.5 Å². The molecule has 0 spiro atoms. The van der Waals surface area contributed by atoms with Gasteiger partial charge in [-0.15, -0.1) is 0 Å². The van der Waals surface area contributed by atoms with Crippen LogP contribution in [0.1, 0.15) is 34.7 Å². The molecule has 172 valence electrons. The van der Waals surface area contributed by atoms with Crippen LogP contribution < -0.4 is 10.2 Å². The van der Waals surface area contributed by atoms with Gasteiger partial charge in [0, 0.05) is 28.3 Å². The standard InChI is InChI=1S/C26H22ClFN4OS/c1-15-12-20(16(2)31(15)19-7-5-6-18(28)14-19)25-24(21-8-3-4-11-29-21)30-26(34)32(25)22-13-17(27)9-10-23(22)33/h3-14,24-25,33H,1-2H3,(H,30,34). The number of hydrogen-bond acceptors (Lipinski definition) is 3. The number of pyridine rings is 1. The molecule has 1 fully saturated rings. The molecule has 2 atom stereocenters. The molecule has 1 aliphatic rings. The summed E-state index contributed by atoms with van der Waals surface area (Å²) >= 11 is 12.0. The monoisotopic (exact) mass is 492 g/mol. The third-order valence-electron chi connectivity index (χ3n) is 6.15. The topological polar surface area (TPSA) is 53.3 Å². The van der Waals surface area contributed by atoms with Crippen LogP contribution in [-0.4, -0.2) is 19.8 Å². The van der Waals surface area contributed by atoms with Gasteiger partial charge in [0.1, 0.15) is 11.6 Å². The first-order valence-corrected chi connectivity index (χ1v) is 11.6. The molecule has 34 heavy (non-hydrogen) atoms. The first-order valence-electron chi connectivity index (χ1n) is 10.8. The van der Waals surface area contributed by atoms with E-state index in [1.165, 1.54) is 12.1 Å². The fourth-order valence-electron chi connectivity index (χ4n) is 4.72. The van der Waals surface area contributed by atoms with E-state index >= 15 is 0 Å². The van der Waals surface area contributed by atoms with Gasteiger partial charge in [-0.2, -0.15) is 0 Å². The molecule has 0 amide bonds. The SMILES string of the molecule is Cc1cc(C2C(c3ccccn3)NC(=S)N2c2cc(Cl)ccc2O)c(C)n1-c1cccc(F)c1. The lowest BCUT2D eigenvalue weighted by Crippen LogP contribution is -2.29. The predicted molar refractivity (Wildman–Crippen MR) is 136 cm³/mol. The van der Waals surface area contributed by atoms with Gasteiger partial charge in [-0.1, -0.05) is 23.7 Å². The van der Waals surface area contributed by atoms with E-state index in [9.17, 15) is 9.50 Å². The van der Waals surface area contributed by atoms with E-state index in [-0.39, 0.29) is 23.7 Å². The summed E-state index contributed by atoms with van der Waals surface area (Å²) in [6.45, 7) is 3.99. The molecule has 0 saturated carbocycles. The van der Waals surface area contributed by atoms with Crippen molar-refractivity contribution >= 4 is 34.6 Å². The van der Waals surface area contributed by atoms with Gasteiger partial charge in [0.15, 0.2) is 5.11 Å². The Morgan fingerprint density at radius 1 is 1.06 bits per heavy atom. The normalized spacial score (nSPS) is 17.8. The zero-order chi connectivity index (χ0) is 24.0. The number of nitrogens with zero attached hydrogens (tertiary/aromatic N) is 3. The number of nitrogens with one attached hydrogen (secondary N) is 1. The molecule has 0 aliphatic carbocycles. The van der Waals surface area contributed by atoms with Crippen LogP contribution >= 0.6 is 23.8 Å². The van der Waals surface area contributed by atoms with Gasteiger partial charge in [0.2, 0.25) is 0 Å². The van der Waals surface area contributed by atoms with Crippen molar-refractivity contribution in [3.8, 4) is 11.4 Å². The second-order valence-electron chi connectivity index (χ2n) is 8.27. The molecule has 2 aromatic carbocycles. The van der Waals surface area contributed by atoms with E-state index < -0.39 is 0 Å². The minimum atomic E-state index is -0.333. The molecule has 1 saturated heterocycles. The second kappa shape index (κ2) is 8.74. The number of benzene rings is 2. The Morgan fingerprint density at radius 2 is 1.88 bits per heavy atom. The lowest BCUT2D eigenvalue weighted by molar-refractivity contribution is 0.472. The van der Waals surface area contributed by atoms with Gasteiger partial charge >= 0.3 is 0 Å². The van der Waals surface area contributed by atoms with Gasteiger partial charge in [-0.05, 0) is 86.2 Å². The molecule has 4 aromatic rings. The Hall–Kier alpha value is -3.42. The number of phenolic OH excluding ortho intramolecular Hbond substituents is 1. The van der Waals surface area contributed by atoms with Gasteiger partial charge in [-0.3, -0.25) is 4.98 Å². The zero-order valence-electron chi connectivity index (χ0n) is 18.5. The maximum Gasteiger partial charge on any atom is 0.174 e. The number of aromatic hydroxyl groups is 1. The minimum Gasteiger partial charge on any atom is -0.506 e. The lowest BCUT2D eigenvalue weighted by Gasteiger charge is -2.28. The number of phenols is 1. The Bertz CT molecular complexity index is 1390. The molecular weight excluding hydrogens is 471 g/mol. The molecule has 1 aliphatic heterocycles. The molecule has 2 N–H and O–H groups in total. The maximum absolute atomic E-state index is 14.0. The highest BCUT2D eigenvalue weighted by Gasteiger charge is 2.43. The fraction of sp³-hybridized carbons (Fsp3) is 0.154. The summed E-state index contributed by atoms with van der Waals surface area (Å²) in [4.78, 5) is 6.46. The number of thiocarbonyl (C=S) groups is 1. The largest absolute Gasteiger partial charge is 0.506 e. The molecule has 5 nitrogen and oxygen atoms in total. The van der Waals surface area contributed by atoms with Crippen LogP contribution in [0.5, 0.6) is 5.75 Å². The number of aromatic nitrogens is 2. The van der Waals surface area contributed by atoms with Crippen LogP contribution in [0.15, 0.2) is 72.9 Å². The van der Waals surface area contributed by atoms with Crippen molar-refractivity contribution in [2.75, 3.05) is 4.90 Å². The van der Waals surface area contributed by atoms with Crippen LogP contribution in [0.2, 0.25) is 5.02 Å². The fourth-order valence-corrected chi connectivity index (χ4v) is 5.22. The average Bonchev–Trinajstić information content (AvgIpc) is 3.31.